The summed E-state index contributed by atoms with van der Waals surface area (Å²) in [6, 6.07) is 20.5. The third-order valence-electron chi connectivity index (χ3n) is 5.96. The Kier molecular flexibility index (Phi) is 6.12. The number of methoxy groups -OCH3 is 1. The van der Waals surface area contributed by atoms with Crippen LogP contribution in [0.3, 0.4) is 0 Å². The van der Waals surface area contributed by atoms with Gasteiger partial charge < -0.3 is 20.5 Å². The number of hydrogen-bond donors (Lipinski definition) is 2. The number of nitrogens with zero attached hydrogens (tertiary/aromatic N) is 3. The minimum atomic E-state index is -0.655. The van der Waals surface area contributed by atoms with Gasteiger partial charge in [-0.3, -0.25) is 4.79 Å². The number of nitrogens with one attached hydrogen (secondary N) is 1. The molecule has 0 fully saturated rings. The van der Waals surface area contributed by atoms with E-state index in [2.05, 4.69) is 15.4 Å². The summed E-state index contributed by atoms with van der Waals surface area (Å²) < 4.78 is 26.6. The highest BCUT2D eigenvalue weighted by atomic mass is 19.1. The van der Waals surface area contributed by atoms with E-state index in [0.29, 0.717) is 52.3 Å². The van der Waals surface area contributed by atoms with Crippen LogP contribution in [0.4, 0.5) is 10.3 Å². The van der Waals surface area contributed by atoms with Gasteiger partial charge in [-0.2, -0.15) is 4.98 Å². The Bertz CT molecular complexity index is 1450. The molecule has 4 aromatic rings. The smallest absolute Gasteiger partial charge is 0.248 e. The molecular weight excluding hydrogens is 461 g/mol. The molecule has 8 nitrogen and oxygen atoms in total. The van der Waals surface area contributed by atoms with Crippen LogP contribution in [0.25, 0.3) is 11.4 Å². The van der Waals surface area contributed by atoms with Gasteiger partial charge in [0.25, 0.3) is 0 Å². The first-order valence-corrected chi connectivity index (χ1v) is 11.3. The zero-order valence-electron chi connectivity index (χ0n) is 19.7. The van der Waals surface area contributed by atoms with Crippen molar-refractivity contribution >= 4 is 11.9 Å². The largest absolute Gasteiger partial charge is 0.493 e. The molecule has 0 saturated carbocycles. The number of hydrogen-bond acceptors (Lipinski definition) is 6. The van der Waals surface area contributed by atoms with Crippen molar-refractivity contribution in [3.05, 3.63) is 101 Å². The first-order valence-electron chi connectivity index (χ1n) is 11.3. The number of amides is 1. The molecule has 36 heavy (non-hydrogen) atoms. The van der Waals surface area contributed by atoms with E-state index < -0.39 is 11.9 Å². The minimum Gasteiger partial charge on any atom is -0.493 e. The second-order valence-corrected chi connectivity index (χ2v) is 8.33. The Morgan fingerprint density at radius 1 is 1.08 bits per heavy atom. The molecular formula is C27H24FN5O3. The highest BCUT2D eigenvalue weighted by Crippen LogP contribution is 2.39. The van der Waals surface area contributed by atoms with Gasteiger partial charge in [0.1, 0.15) is 18.5 Å². The quantitative estimate of drug-likeness (QED) is 0.401. The topological polar surface area (TPSA) is 104 Å². The van der Waals surface area contributed by atoms with Crippen LogP contribution in [0.2, 0.25) is 0 Å². The van der Waals surface area contributed by atoms with Gasteiger partial charge in [0.2, 0.25) is 11.9 Å². The summed E-state index contributed by atoms with van der Waals surface area (Å²) in [6.45, 7) is 2.14. The predicted octanol–water partition coefficient (Wildman–Crippen LogP) is 4.45. The van der Waals surface area contributed by atoms with E-state index in [1.165, 1.54) is 12.1 Å². The van der Waals surface area contributed by atoms with Gasteiger partial charge in [-0.15, -0.1) is 5.10 Å². The molecule has 0 aliphatic carbocycles. The number of ether oxygens (including phenoxy) is 2. The van der Waals surface area contributed by atoms with Gasteiger partial charge in [-0.25, -0.2) is 9.07 Å². The number of primary amides is 1. The molecule has 2 heterocycles. The number of rotatable bonds is 7. The van der Waals surface area contributed by atoms with E-state index in [-0.39, 0.29) is 5.82 Å². The van der Waals surface area contributed by atoms with Crippen LogP contribution in [0.1, 0.15) is 24.1 Å². The molecule has 1 aliphatic rings. The van der Waals surface area contributed by atoms with Crippen molar-refractivity contribution in [3.63, 3.8) is 0 Å². The molecule has 3 aromatic carbocycles. The van der Waals surface area contributed by atoms with E-state index >= 15 is 0 Å². The zero-order valence-corrected chi connectivity index (χ0v) is 19.7. The normalized spacial score (nSPS) is 14.7. The number of halogens is 1. The Balaban J connectivity index is 1.54. The van der Waals surface area contributed by atoms with E-state index in [9.17, 15) is 9.18 Å². The molecule has 182 valence electrons. The number of carbonyl (C=O) groups is 1. The molecule has 5 rings (SSSR count). The SMILES string of the molecule is COc1cc(C2C(C(N)=O)=C(C)Nc3nc(-c4ccc(F)cc4)nn32)ccc1OCc1ccccc1. The van der Waals surface area contributed by atoms with Crippen LogP contribution in [0.5, 0.6) is 11.5 Å². The van der Waals surface area contributed by atoms with Crippen LogP contribution < -0.4 is 20.5 Å². The fraction of sp³-hybridized carbons (Fsp3) is 0.148. The van der Waals surface area contributed by atoms with Crippen LogP contribution in [0.15, 0.2) is 84.1 Å². The minimum absolute atomic E-state index is 0.345. The standard InChI is InChI=1S/C27H24FN5O3/c1-16-23(25(29)34)24(33-27(30-16)31-26(32-33)18-8-11-20(28)12-9-18)19-10-13-21(22(14-19)35-2)36-15-17-6-4-3-5-7-17/h3-14,24H,15H2,1-2H3,(H2,29,34)(H,30,31,32). The average Bonchev–Trinajstić information content (AvgIpc) is 3.31. The molecule has 9 heteroatoms. The van der Waals surface area contributed by atoms with Crippen LogP contribution in [-0.2, 0) is 11.4 Å². The van der Waals surface area contributed by atoms with Crippen molar-refractivity contribution in [2.75, 3.05) is 12.4 Å². The van der Waals surface area contributed by atoms with Gasteiger partial charge in [-0.1, -0.05) is 36.4 Å². The molecule has 0 spiro atoms. The second kappa shape index (κ2) is 9.53. The number of anilines is 1. The van der Waals surface area contributed by atoms with Gasteiger partial charge in [-0.05, 0) is 54.4 Å². The fourth-order valence-electron chi connectivity index (χ4n) is 4.21. The fourth-order valence-corrected chi connectivity index (χ4v) is 4.21. The molecule has 1 aliphatic heterocycles. The van der Waals surface area contributed by atoms with E-state index in [0.717, 1.165) is 5.56 Å². The summed E-state index contributed by atoms with van der Waals surface area (Å²) >= 11 is 0. The Morgan fingerprint density at radius 3 is 2.53 bits per heavy atom. The summed E-state index contributed by atoms with van der Waals surface area (Å²) in [7, 11) is 1.56. The van der Waals surface area contributed by atoms with Crippen molar-refractivity contribution in [1.82, 2.24) is 14.8 Å². The van der Waals surface area contributed by atoms with Crippen LogP contribution in [0, 0.1) is 5.82 Å². The Hall–Kier alpha value is -4.66. The Labute approximate surface area is 207 Å². The third-order valence-corrected chi connectivity index (χ3v) is 5.96. The predicted molar refractivity (Wildman–Crippen MR) is 133 cm³/mol. The third kappa shape index (κ3) is 4.38. The lowest BCUT2D eigenvalue weighted by molar-refractivity contribution is -0.115. The lowest BCUT2D eigenvalue weighted by Gasteiger charge is -2.28. The summed E-state index contributed by atoms with van der Waals surface area (Å²) in [4.78, 5) is 17.1. The maximum Gasteiger partial charge on any atom is 0.248 e. The molecule has 1 unspecified atom stereocenters. The highest BCUT2D eigenvalue weighted by Gasteiger charge is 2.34. The summed E-state index contributed by atoms with van der Waals surface area (Å²) in [5, 5.41) is 7.75. The first-order chi connectivity index (χ1) is 17.4. The summed E-state index contributed by atoms with van der Waals surface area (Å²) in [5.74, 6) is 0.947. The molecule has 0 radical (unpaired) electrons. The van der Waals surface area contributed by atoms with Crippen molar-refractivity contribution in [2.24, 2.45) is 5.73 Å². The average molecular weight is 486 g/mol. The maximum atomic E-state index is 13.4. The van der Waals surface area contributed by atoms with E-state index in [1.54, 1.807) is 43.0 Å². The molecule has 1 atom stereocenters. The number of nitrogens with two attached hydrogens (primary N) is 1. The zero-order chi connectivity index (χ0) is 25.2. The highest BCUT2D eigenvalue weighted by molar-refractivity contribution is 5.95. The second-order valence-electron chi connectivity index (χ2n) is 8.33. The molecule has 0 bridgehead atoms. The number of carbonyl (C=O) groups excluding carboxylic acids is 1. The number of aromatic nitrogens is 3. The Morgan fingerprint density at radius 2 is 1.83 bits per heavy atom. The molecule has 1 amide bonds. The van der Waals surface area contributed by atoms with Crippen molar-refractivity contribution in [3.8, 4) is 22.9 Å². The summed E-state index contributed by atoms with van der Waals surface area (Å²) in [6.07, 6.45) is 0. The van der Waals surface area contributed by atoms with Crippen molar-refractivity contribution < 1.29 is 18.7 Å². The molecule has 1 aromatic heterocycles. The number of allylic oxidation sites excluding steroid dienone is 1. The van der Waals surface area contributed by atoms with Gasteiger partial charge in [0, 0.05) is 11.3 Å². The molecule has 0 saturated heterocycles. The van der Waals surface area contributed by atoms with Crippen LogP contribution in [-0.4, -0.2) is 27.8 Å². The number of benzene rings is 3. The lowest BCUT2D eigenvalue weighted by Crippen LogP contribution is -2.31. The number of fused-ring (bicyclic) bond motifs is 1. The van der Waals surface area contributed by atoms with Crippen molar-refractivity contribution in [2.45, 2.75) is 19.6 Å². The van der Waals surface area contributed by atoms with E-state index in [1.807, 2.05) is 36.4 Å². The maximum absolute atomic E-state index is 13.4. The van der Waals surface area contributed by atoms with E-state index in [4.69, 9.17) is 15.2 Å². The van der Waals surface area contributed by atoms with Crippen molar-refractivity contribution in [1.29, 1.82) is 0 Å². The van der Waals surface area contributed by atoms with Gasteiger partial charge in [0.15, 0.2) is 17.3 Å². The monoisotopic (exact) mass is 485 g/mol. The van der Waals surface area contributed by atoms with Crippen LogP contribution >= 0.6 is 0 Å². The van der Waals surface area contributed by atoms with Gasteiger partial charge in [0.05, 0.1) is 12.7 Å². The molecule has 3 N–H and O–H groups in total. The van der Waals surface area contributed by atoms with Gasteiger partial charge >= 0.3 is 0 Å². The lowest BCUT2D eigenvalue weighted by atomic mass is 9.95. The first kappa shape index (κ1) is 23.1. The summed E-state index contributed by atoms with van der Waals surface area (Å²) in [5.41, 5.74) is 9.09.